The predicted molar refractivity (Wildman–Crippen MR) is 62.0 cm³/mol. The molecule has 0 N–H and O–H groups in total. The molecule has 0 saturated carbocycles. The van der Waals surface area contributed by atoms with E-state index < -0.39 is 0 Å². The van der Waals surface area contributed by atoms with Crippen LogP contribution in [-0.4, -0.2) is 4.98 Å². The Hall–Kier alpha value is -1.63. The molecule has 0 bridgehead atoms. The Kier molecular flexibility index (Phi) is 1.69. The summed E-state index contributed by atoms with van der Waals surface area (Å²) in [6.45, 7) is 4.37. The first-order chi connectivity index (χ1) is 7.27. The summed E-state index contributed by atoms with van der Waals surface area (Å²) in [5.41, 5.74) is 8.40. The molecule has 2 aromatic rings. The molecule has 0 spiro atoms. The summed E-state index contributed by atoms with van der Waals surface area (Å²) in [5, 5.41) is 0. The lowest BCUT2D eigenvalue weighted by Crippen LogP contribution is -1.88. The molecule has 0 amide bonds. The van der Waals surface area contributed by atoms with Gasteiger partial charge in [-0.15, -0.1) is 0 Å². The van der Waals surface area contributed by atoms with Gasteiger partial charge < -0.3 is 0 Å². The maximum absolute atomic E-state index is 4.23. The van der Waals surface area contributed by atoms with Crippen LogP contribution in [0.25, 0.3) is 11.1 Å². The summed E-state index contributed by atoms with van der Waals surface area (Å²) < 4.78 is 0. The van der Waals surface area contributed by atoms with Gasteiger partial charge in [0.1, 0.15) is 0 Å². The van der Waals surface area contributed by atoms with Crippen molar-refractivity contribution in [3.63, 3.8) is 0 Å². The van der Waals surface area contributed by atoms with Crippen LogP contribution in [0.15, 0.2) is 30.6 Å². The first kappa shape index (κ1) is 8.66. The van der Waals surface area contributed by atoms with Gasteiger partial charge in [0.2, 0.25) is 0 Å². The van der Waals surface area contributed by atoms with Crippen molar-refractivity contribution in [2.24, 2.45) is 0 Å². The topological polar surface area (TPSA) is 12.9 Å². The molecule has 1 aromatic carbocycles. The van der Waals surface area contributed by atoms with Gasteiger partial charge in [0, 0.05) is 18.0 Å². The molecule has 1 heterocycles. The van der Waals surface area contributed by atoms with E-state index in [1.54, 1.807) is 0 Å². The van der Waals surface area contributed by atoms with Crippen LogP contribution in [0, 0.1) is 13.8 Å². The van der Waals surface area contributed by atoms with Crippen LogP contribution in [0.4, 0.5) is 0 Å². The molecular weight excluding hydrogens is 182 g/mol. The van der Waals surface area contributed by atoms with Crippen LogP contribution in [0.5, 0.6) is 0 Å². The Morgan fingerprint density at radius 2 is 1.87 bits per heavy atom. The molecule has 0 atom stereocenters. The number of pyridine rings is 1. The summed E-state index contributed by atoms with van der Waals surface area (Å²) in [6.07, 6.45) is 4.95. The molecule has 0 unspecified atom stereocenters. The van der Waals surface area contributed by atoms with Gasteiger partial charge in [-0.1, -0.05) is 12.1 Å². The minimum absolute atomic E-state index is 1.07. The summed E-state index contributed by atoms with van der Waals surface area (Å²) in [7, 11) is 0. The highest BCUT2D eigenvalue weighted by atomic mass is 14.6. The van der Waals surface area contributed by atoms with E-state index >= 15 is 0 Å². The zero-order valence-electron chi connectivity index (χ0n) is 9.04. The van der Waals surface area contributed by atoms with Crippen LogP contribution in [0.1, 0.15) is 22.3 Å². The zero-order valence-corrected chi connectivity index (χ0v) is 9.04. The van der Waals surface area contributed by atoms with Crippen molar-refractivity contribution in [3.8, 4) is 11.1 Å². The van der Waals surface area contributed by atoms with Crippen LogP contribution < -0.4 is 0 Å². The maximum atomic E-state index is 4.23. The second-order valence-corrected chi connectivity index (χ2v) is 4.26. The molecule has 0 fully saturated rings. The molecule has 0 saturated heterocycles. The lowest BCUT2D eigenvalue weighted by atomic mass is 9.98. The van der Waals surface area contributed by atoms with E-state index in [4.69, 9.17) is 0 Å². The Bertz CT molecular complexity index is 541. The van der Waals surface area contributed by atoms with E-state index in [2.05, 4.69) is 37.0 Å². The van der Waals surface area contributed by atoms with Gasteiger partial charge in [0.15, 0.2) is 0 Å². The van der Waals surface area contributed by atoms with E-state index in [9.17, 15) is 0 Å². The minimum atomic E-state index is 1.07. The average molecular weight is 195 g/mol. The fraction of sp³-hybridized carbons (Fsp3) is 0.214. The van der Waals surface area contributed by atoms with Crippen molar-refractivity contribution in [2.45, 2.75) is 20.3 Å². The van der Waals surface area contributed by atoms with Crippen molar-refractivity contribution in [2.75, 3.05) is 0 Å². The highest BCUT2D eigenvalue weighted by molar-refractivity contribution is 5.79. The van der Waals surface area contributed by atoms with E-state index in [1.165, 1.54) is 33.4 Å². The first-order valence-electron chi connectivity index (χ1n) is 5.29. The van der Waals surface area contributed by atoms with Gasteiger partial charge >= 0.3 is 0 Å². The number of fused-ring (bicyclic) bond motifs is 3. The number of benzene rings is 1. The number of aromatic nitrogens is 1. The number of rotatable bonds is 0. The molecule has 1 aliphatic carbocycles. The van der Waals surface area contributed by atoms with E-state index in [-0.39, 0.29) is 0 Å². The van der Waals surface area contributed by atoms with Crippen LogP contribution in [0.2, 0.25) is 0 Å². The second kappa shape index (κ2) is 2.93. The SMILES string of the molecule is Cc1ccc(C)c2c1Cc1ccncc1-2. The van der Waals surface area contributed by atoms with Crippen molar-refractivity contribution < 1.29 is 0 Å². The molecule has 1 heteroatoms. The summed E-state index contributed by atoms with van der Waals surface area (Å²) in [5.74, 6) is 0. The van der Waals surface area contributed by atoms with Crippen molar-refractivity contribution in [1.82, 2.24) is 4.98 Å². The Labute approximate surface area is 89.8 Å². The lowest BCUT2D eigenvalue weighted by molar-refractivity contribution is 1.20. The van der Waals surface area contributed by atoms with Gasteiger partial charge in [-0.3, -0.25) is 4.98 Å². The third kappa shape index (κ3) is 1.13. The van der Waals surface area contributed by atoms with Crippen LogP contribution in [0.3, 0.4) is 0 Å². The quantitative estimate of drug-likeness (QED) is 0.536. The molecule has 74 valence electrons. The summed E-state index contributed by atoms with van der Waals surface area (Å²) >= 11 is 0. The number of aryl methyl sites for hydroxylation is 2. The highest BCUT2D eigenvalue weighted by Crippen LogP contribution is 2.39. The monoisotopic (exact) mass is 195 g/mol. The number of hydrogen-bond acceptors (Lipinski definition) is 1. The van der Waals surface area contributed by atoms with Crippen LogP contribution >= 0.6 is 0 Å². The molecule has 1 aromatic heterocycles. The highest BCUT2D eigenvalue weighted by Gasteiger charge is 2.21. The van der Waals surface area contributed by atoms with Crippen LogP contribution in [-0.2, 0) is 6.42 Å². The second-order valence-electron chi connectivity index (χ2n) is 4.26. The predicted octanol–water partition coefficient (Wildman–Crippen LogP) is 3.27. The summed E-state index contributed by atoms with van der Waals surface area (Å²) in [4.78, 5) is 4.23. The standard InChI is InChI=1S/C14H13N/c1-9-3-4-10(2)14-12(9)7-11-5-6-15-8-13(11)14/h3-6,8H,7H2,1-2H3. The largest absolute Gasteiger partial charge is 0.264 e. The Balaban J connectivity index is 2.37. The normalized spacial score (nSPS) is 12.4. The van der Waals surface area contributed by atoms with Gasteiger partial charge in [0.05, 0.1) is 0 Å². The minimum Gasteiger partial charge on any atom is -0.264 e. The van der Waals surface area contributed by atoms with Gasteiger partial charge in [0.25, 0.3) is 0 Å². The van der Waals surface area contributed by atoms with Gasteiger partial charge in [-0.2, -0.15) is 0 Å². The fourth-order valence-electron chi connectivity index (χ4n) is 2.46. The molecule has 3 rings (SSSR count). The van der Waals surface area contributed by atoms with Crippen molar-refractivity contribution in [3.05, 3.63) is 52.8 Å². The van der Waals surface area contributed by atoms with E-state index in [0.717, 1.165) is 6.42 Å². The third-order valence-corrected chi connectivity index (χ3v) is 3.30. The maximum Gasteiger partial charge on any atom is 0.0349 e. The smallest absolute Gasteiger partial charge is 0.0349 e. The fourth-order valence-corrected chi connectivity index (χ4v) is 2.46. The molecule has 1 aliphatic rings. The Morgan fingerprint density at radius 3 is 2.73 bits per heavy atom. The average Bonchev–Trinajstić information content (AvgIpc) is 2.64. The molecule has 15 heavy (non-hydrogen) atoms. The van der Waals surface area contributed by atoms with E-state index in [1.807, 2.05) is 12.4 Å². The first-order valence-corrected chi connectivity index (χ1v) is 5.29. The van der Waals surface area contributed by atoms with E-state index in [0.29, 0.717) is 0 Å². The molecule has 1 nitrogen and oxygen atoms in total. The van der Waals surface area contributed by atoms with Crippen molar-refractivity contribution >= 4 is 0 Å². The molecular formula is C14H13N. The number of hydrogen-bond donors (Lipinski definition) is 0. The number of nitrogens with zero attached hydrogens (tertiary/aromatic N) is 1. The Morgan fingerprint density at radius 1 is 1.07 bits per heavy atom. The summed E-state index contributed by atoms with van der Waals surface area (Å²) in [6, 6.07) is 6.55. The zero-order chi connectivity index (χ0) is 10.4. The lowest BCUT2D eigenvalue weighted by Gasteiger charge is -2.07. The third-order valence-electron chi connectivity index (χ3n) is 3.30. The van der Waals surface area contributed by atoms with Gasteiger partial charge in [-0.25, -0.2) is 0 Å². The molecule has 0 aliphatic heterocycles. The molecule has 0 radical (unpaired) electrons. The van der Waals surface area contributed by atoms with Gasteiger partial charge in [-0.05, 0) is 54.2 Å². The van der Waals surface area contributed by atoms with Crippen molar-refractivity contribution in [1.29, 1.82) is 0 Å².